The molecule has 1 amide bonds. The van der Waals surface area contributed by atoms with E-state index in [4.69, 9.17) is 0 Å². The lowest BCUT2D eigenvalue weighted by molar-refractivity contribution is 0.0728. The van der Waals surface area contributed by atoms with Gasteiger partial charge in [0.2, 0.25) is 0 Å². The van der Waals surface area contributed by atoms with Gasteiger partial charge in [0.05, 0.1) is 4.90 Å². The molecule has 0 radical (unpaired) electrons. The molecule has 0 spiro atoms. The molecule has 3 aromatic carbocycles. The summed E-state index contributed by atoms with van der Waals surface area (Å²) < 4.78 is 54.5. The van der Waals surface area contributed by atoms with Gasteiger partial charge in [0, 0.05) is 29.4 Å². The minimum atomic E-state index is -3.89. The number of carbonyl (C=O) groups is 1. The summed E-state index contributed by atoms with van der Waals surface area (Å²) in [5.41, 5.74) is 0.987. The fourth-order valence-corrected chi connectivity index (χ4v) is 4.30. The lowest BCUT2D eigenvalue weighted by Gasteiger charge is -2.23. The van der Waals surface area contributed by atoms with E-state index in [-0.39, 0.29) is 34.9 Å². The van der Waals surface area contributed by atoms with E-state index in [1.165, 1.54) is 42.5 Å². The molecule has 8 heteroatoms. The maximum Gasteiger partial charge on any atom is 0.261 e. The number of amides is 1. The molecule has 0 heterocycles. The number of sulfonamides is 1. The zero-order chi connectivity index (χ0) is 22.0. The van der Waals surface area contributed by atoms with Crippen molar-refractivity contribution in [1.82, 2.24) is 4.90 Å². The van der Waals surface area contributed by atoms with Crippen LogP contribution in [0.5, 0.6) is 0 Å². The fraction of sp³-hybridized carbons (Fsp3) is 0.174. The second kappa shape index (κ2) is 8.47. The average molecular weight is 442 g/mol. The van der Waals surface area contributed by atoms with E-state index < -0.39 is 15.8 Å². The predicted octanol–water partition coefficient (Wildman–Crippen LogP) is 4.57. The van der Waals surface area contributed by atoms with Gasteiger partial charge in [-0.2, -0.15) is 0 Å². The Hall–Kier alpha value is -3.26. The zero-order valence-electron chi connectivity index (χ0n) is 16.5. The van der Waals surface area contributed by atoms with Crippen LogP contribution in [0.2, 0.25) is 0 Å². The van der Waals surface area contributed by atoms with Gasteiger partial charge < -0.3 is 4.90 Å². The Morgan fingerprint density at radius 1 is 0.935 bits per heavy atom. The number of carbonyl (C=O) groups excluding carboxylic acids is 1. The van der Waals surface area contributed by atoms with Crippen molar-refractivity contribution in [2.45, 2.75) is 30.3 Å². The van der Waals surface area contributed by atoms with Crippen molar-refractivity contribution >= 4 is 21.6 Å². The summed E-state index contributed by atoms with van der Waals surface area (Å²) in [5, 5.41) is 0. The molecule has 0 saturated heterocycles. The number of hydrogen-bond acceptors (Lipinski definition) is 3. The highest BCUT2D eigenvalue weighted by atomic mass is 32.2. The number of benzene rings is 3. The van der Waals surface area contributed by atoms with E-state index in [0.29, 0.717) is 11.1 Å². The molecule has 1 fully saturated rings. The van der Waals surface area contributed by atoms with Gasteiger partial charge in [0.25, 0.3) is 15.9 Å². The molecule has 0 aliphatic heterocycles. The van der Waals surface area contributed by atoms with Crippen LogP contribution in [0.15, 0.2) is 77.7 Å². The molecule has 0 bridgehead atoms. The van der Waals surface area contributed by atoms with Gasteiger partial charge in [0.1, 0.15) is 11.6 Å². The second-order valence-electron chi connectivity index (χ2n) is 7.39. The summed E-state index contributed by atoms with van der Waals surface area (Å²) >= 11 is 0. The Bertz CT molecular complexity index is 1190. The van der Waals surface area contributed by atoms with Gasteiger partial charge in [-0.1, -0.05) is 18.2 Å². The molecule has 0 atom stereocenters. The van der Waals surface area contributed by atoms with E-state index in [0.717, 1.165) is 25.0 Å². The molecule has 4 rings (SSSR count). The summed E-state index contributed by atoms with van der Waals surface area (Å²) in [6, 6.07) is 16.9. The topological polar surface area (TPSA) is 66.5 Å². The van der Waals surface area contributed by atoms with Crippen molar-refractivity contribution in [3.8, 4) is 0 Å². The van der Waals surface area contributed by atoms with Crippen LogP contribution in [0.1, 0.15) is 28.8 Å². The van der Waals surface area contributed by atoms with Crippen LogP contribution < -0.4 is 4.72 Å². The third-order valence-corrected chi connectivity index (χ3v) is 6.45. The predicted molar refractivity (Wildman–Crippen MR) is 113 cm³/mol. The molecular weight excluding hydrogens is 422 g/mol. The molecule has 5 nitrogen and oxygen atoms in total. The van der Waals surface area contributed by atoms with Crippen LogP contribution in [0.3, 0.4) is 0 Å². The van der Waals surface area contributed by atoms with Gasteiger partial charge in [-0.05, 0) is 67.4 Å². The monoisotopic (exact) mass is 442 g/mol. The Labute approximate surface area is 179 Å². The fourth-order valence-electron chi connectivity index (χ4n) is 3.24. The lowest BCUT2D eigenvalue weighted by Crippen LogP contribution is -2.33. The first kappa shape index (κ1) is 21.0. The van der Waals surface area contributed by atoms with Gasteiger partial charge in [0.15, 0.2) is 0 Å². The van der Waals surface area contributed by atoms with Crippen LogP contribution in [-0.4, -0.2) is 25.3 Å². The summed E-state index contributed by atoms with van der Waals surface area (Å²) in [6.45, 7) is 0.155. The third kappa shape index (κ3) is 4.91. The van der Waals surface area contributed by atoms with Crippen molar-refractivity contribution in [1.29, 1.82) is 0 Å². The SMILES string of the molecule is O=C(c1ccc(S(=O)(=O)Nc2ccc(F)cc2)cc1)N(Cc1ccccc1F)C1CC1. The van der Waals surface area contributed by atoms with Crippen LogP contribution >= 0.6 is 0 Å². The number of rotatable bonds is 7. The van der Waals surface area contributed by atoms with E-state index in [1.54, 1.807) is 23.1 Å². The largest absolute Gasteiger partial charge is 0.331 e. The normalized spacial score (nSPS) is 13.6. The van der Waals surface area contributed by atoms with Crippen molar-refractivity contribution < 1.29 is 22.0 Å². The van der Waals surface area contributed by atoms with Crippen LogP contribution in [-0.2, 0) is 16.6 Å². The molecule has 160 valence electrons. The molecule has 1 saturated carbocycles. The summed E-state index contributed by atoms with van der Waals surface area (Å²) in [7, 11) is -3.89. The molecule has 31 heavy (non-hydrogen) atoms. The highest BCUT2D eigenvalue weighted by molar-refractivity contribution is 7.92. The number of anilines is 1. The first-order valence-electron chi connectivity index (χ1n) is 9.76. The lowest BCUT2D eigenvalue weighted by atomic mass is 10.1. The first-order valence-corrected chi connectivity index (χ1v) is 11.2. The van der Waals surface area contributed by atoms with E-state index in [9.17, 15) is 22.0 Å². The van der Waals surface area contributed by atoms with Crippen molar-refractivity contribution in [3.05, 3.63) is 95.6 Å². The standard InChI is InChI=1S/C23H20F2N2O3S/c24-18-7-9-19(10-8-18)26-31(29,30)21-13-5-16(6-14-21)23(28)27(20-11-12-20)15-17-3-1-2-4-22(17)25/h1-10,13-14,20,26H,11-12,15H2. The number of nitrogens with one attached hydrogen (secondary N) is 1. The van der Waals surface area contributed by atoms with Gasteiger partial charge in [-0.25, -0.2) is 17.2 Å². The highest BCUT2D eigenvalue weighted by Crippen LogP contribution is 2.30. The highest BCUT2D eigenvalue weighted by Gasteiger charge is 2.33. The first-order chi connectivity index (χ1) is 14.8. The molecule has 1 aliphatic carbocycles. The number of hydrogen-bond donors (Lipinski definition) is 1. The molecule has 1 N–H and O–H groups in total. The average Bonchev–Trinajstić information content (AvgIpc) is 3.59. The second-order valence-corrected chi connectivity index (χ2v) is 9.07. The Balaban J connectivity index is 1.51. The van der Waals surface area contributed by atoms with Crippen LogP contribution in [0.25, 0.3) is 0 Å². The maximum absolute atomic E-state index is 14.1. The minimum absolute atomic E-state index is 0.0274. The zero-order valence-corrected chi connectivity index (χ0v) is 17.3. The maximum atomic E-state index is 14.1. The molecule has 3 aromatic rings. The minimum Gasteiger partial charge on any atom is -0.331 e. The quantitative estimate of drug-likeness (QED) is 0.583. The van der Waals surface area contributed by atoms with Crippen LogP contribution in [0, 0.1) is 11.6 Å². The van der Waals surface area contributed by atoms with Crippen LogP contribution in [0.4, 0.5) is 14.5 Å². The van der Waals surface area contributed by atoms with Crippen molar-refractivity contribution in [2.75, 3.05) is 4.72 Å². The Morgan fingerprint density at radius 2 is 1.58 bits per heavy atom. The smallest absolute Gasteiger partial charge is 0.261 e. The Morgan fingerprint density at radius 3 is 2.19 bits per heavy atom. The molecule has 0 aromatic heterocycles. The summed E-state index contributed by atoms with van der Waals surface area (Å²) in [4.78, 5) is 14.6. The third-order valence-electron chi connectivity index (χ3n) is 5.06. The van der Waals surface area contributed by atoms with Gasteiger partial charge >= 0.3 is 0 Å². The van der Waals surface area contributed by atoms with Crippen molar-refractivity contribution in [2.24, 2.45) is 0 Å². The van der Waals surface area contributed by atoms with E-state index in [2.05, 4.69) is 4.72 Å². The van der Waals surface area contributed by atoms with E-state index in [1.807, 2.05) is 0 Å². The summed E-state index contributed by atoms with van der Waals surface area (Å²) in [5.74, 6) is -1.11. The number of halogens is 2. The van der Waals surface area contributed by atoms with E-state index >= 15 is 0 Å². The van der Waals surface area contributed by atoms with Gasteiger partial charge in [-0.15, -0.1) is 0 Å². The number of nitrogens with zero attached hydrogens (tertiary/aromatic N) is 1. The summed E-state index contributed by atoms with van der Waals surface area (Å²) in [6.07, 6.45) is 1.71. The molecular formula is C23H20F2N2O3S. The molecule has 0 unspecified atom stereocenters. The Kier molecular flexibility index (Phi) is 5.73. The molecule has 1 aliphatic rings. The van der Waals surface area contributed by atoms with Crippen molar-refractivity contribution in [3.63, 3.8) is 0 Å². The van der Waals surface area contributed by atoms with Gasteiger partial charge in [-0.3, -0.25) is 9.52 Å².